The highest BCUT2D eigenvalue weighted by Gasteiger charge is 2.30. The molecule has 0 aliphatic carbocycles. The van der Waals surface area contributed by atoms with Gasteiger partial charge in [0.25, 0.3) is 0 Å². The zero-order chi connectivity index (χ0) is 13.1. The average Bonchev–Trinajstić information content (AvgIpc) is 2.39. The van der Waals surface area contributed by atoms with E-state index in [0.29, 0.717) is 11.7 Å². The Morgan fingerprint density at radius 2 is 1.56 bits per heavy atom. The lowest BCUT2D eigenvalue weighted by Crippen LogP contribution is -2.47. The number of hydrogen-bond acceptors (Lipinski definition) is 3. The van der Waals surface area contributed by atoms with Gasteiger partial charge in [0, 0.05) is 17.9 Å². The van der Waals surface area contributed by atoms with E-state index < -0.39 is 0 Å². The average molecular weight is 252 g/mol. The summed E-state index contributed by atoms with van der Waals surface area (Å²) in [4.78, 5) is 17.1. The first-order chi connectivity index (χ1) is 8.58. The Hall–Kier alpha value is -0.410. The SMILES string of the molecule is CC(C)C(=O)C1CCN(C2CCN(C)CC2)CC1. The van der Waals surface area contributed by atoms with Crippen LogP contribution in [0.15, 0.2) is 0 Å². The molecule has 0 aromatic carbocycles. The summed E-state index contributed by atoms with van der Waals surface area (Å²) in [7, 11) is 2.21. The van der Waals surface area contributed by atoms with Crippen molar-refractivity contribution < 1.29 is 4.79 Å². The third-order valence-corrected chi connectivity index (χ3v) is 4.71. The Balaban J connectivity index is 1.78. The first-order valence-corrected chi connectivity index (χ1v) is 7.54. The molecule has 3 heteroatoms. The van der Waals surface area contributed by atoms with Gasteiger partial charge >= 0.3 is 0 Å². The van der Waals surface area contributed by atoms with Gasteiger partial charge in [-0.2, -0.15) is 0 Å². The van der Waals surface area contributed by atoms with Crippen LogP contribution in [-0.4, -0.2) is 54.9 Å². The minimum absolute atomic E-state index is 0.213. The molecule has 18 heavy (non-hydrogen) atoms. The number of ketones is 1. The fraction of sp³-hybridized carbons (Fsp3) is 0.933. The number of hydrogen-bond donors (Lipinski definition) is 0. The molecule has 3 nitrogen and oxygen atoms in total. The minimum atomic E-state index is 0.213. The van der Waals surface area contributed by atoms with Crippen LogP contribution in [0.3, 0.4) is 0 Å². The van der Waals surface area contributed by atoms with Gasteiger partial charge in [-0.25, -0.2) is 0 Å². The van der Waals surface area contributed by atoms with Gasteiger partial charge < -0.3 is 9.80 Å². The maximum absolute atomic E-state index is 12.0. The number of likely N-dealkylation sites (tertiary alicyclic amines) is 2. The third-order valence-electron chi connectivity index (χ3n) is 4.71. The van der Waals surface area contributed by atoms with Crippen LogP contribution in [0.5, 0.6) is 0 Å². The fourth-order valence-electron chi connectivity index (χ4n) is 3.38. The topological polar surface area (TPSA) is 23.6 Å². The molecular weight excluding hydrogens is 224 g/mol. The summed E-state index contributed by atoms with van der Waals surface area (Å²) in [5, 5.41) is 0. The van der Waals surface area contributed by atoms with E-state index in [1.165, 1.54) is 25.9 Å². The van der Waals surface area contributed by atoms with Gasteiger partial charge in [-0.1, -0.05) is 13.8 Å². The molecule has 0 unspecified atom stereocenters. The van der Waals surface area contributed by atoms with Crippen molar-refractivity contribution in [3.8, 4) is 0 Å². The predicted octanol–water partition coefficient (Wildman–Crippen LogP) is 2.02. The van der Waals surface area contributed by atoms with Gasteiger partial charge in [0.15, 0.2) is 0 Å². The number of Topliss-reactive ketones (excluding diaryl/α,β-unsaturated/α-hetero) is 1. The van der Waals surface area contributed by atoms with E-state index >= 15 is 0 Å². The van der Waals surface area contributed by atoms with E-state index in [1.807, 2.05) is 13.8 Å². The standard InChI is InChI=1S/C15H28N2O/c1-12(2)15(18)13-4-10-17(11-5-13)14-6-8-16(3)9-7-14/h12-14H,4-11H2,1-3H3. The van der Waals surface area contributed by atoms with Crippen molar-refractivity contribution in [2.45, 2.75) is 45.6 Å². The summed E-state index contributed by atoms with van der Waals surface area (Å²) in [6.07, 6.45) is 4.78. The van der Waals surface area contributed by atoms with Crippen LogP contribution in [0.4, 0.5) is 0 Å². The lowest BCUT2D eigenvalue weighted by atomic mass is 9.86. The van der Waals surface area contributed by atoms with Crippen molar-refractivity contribution in [1.82, 2.24) is 9.80 Å². The number of carbonyl (C=O) groups is 1. The van der Waals surface area contributed by atoms with Gasteiger partial charge in [-0.3, -0.25) is 4.79 Å². The van der Waals surface area contributed by atoms with Gasteiger partial charge in [0.1, 0.15) is 5.78 Å². The quantitative estimate of drug-likeness (QED) is 0.768. The van der Waals surface area contributed by atoms with E-state index in [9.17, 15) is 4.79 Å². The summed E-state index contributed by atoms with van der Waals surface area (Å²) < 4.78 is 0. The predicted molar refractivity (Wildman–Crippen MR) is 74.7 cm³/mol. The normalized spacial score (nSPS) is 25.8. The maximum atomic E-state index is 12.0. The van der Waals surface area contributed by atoms with Crippen LogP contribution in [0.25, 0.3) is 0 Å². The lowest BCUT2D eigenvalue weighted by molar-refractivity contribution is -0.127. The Kier molecular flexibility index (Phi) is 4.79. The molecule has 0 saturated carbocycles. The number of nitrogens with zero attached hydrogens (tertiary/aromatic N) is 2. The Morgan fingerprint density at radius 3 is 2.06 bits per heavy atom. The smallest absolute Gasteiger partial charge is 0.138 e. The second-order valence-corrected chi connectivity index (χ2v) is 6.40. The molecule has 0 aromatic heterocycles. The zero-order valence-corrected chi connectivity index (χ0v) is 12.2. The number of rotatable bonds is 3. The van der Waals surface area contributed by atoms with Crippen molar-refractivity contribution in [1.29, 1.82) is 0 Å². The first-order valence-electron chi connectivity index (χ1n) is 7.54. The van der Waals surface area contributed by atoms with Crippen molar-refractivity contribution in [2.24, 2.45) is 11.8 Å². The van der Waals surface area contributed by atoms with Crippen LogP contribution in [-0.2, 0) is 4.79 Å². The molecule has 104 valence electrons. The maximum Gasteiger partial charge on any atom is 0.138 e. The van der Waals surface area contributed by atoms with Crippen LogP contribution in [0.1, 0.15) is 39.5 Å². The van der Waals surface area contributed by atoms with Gasteiger partial charge in [0.05, 0.1) is 0 Å². The van der Waals surface area contributed by atoms with Gasteiger partial charge in [0.2, 0.25) is 0 Å². The van der Waals surface area contributed by atoms with Gasteiger partial charge in [-0.05, 0) is 58.9 Å². The van der Waals surface area contributed by atoms with Crippen molar-refractivity contribution in [3.63, 3.8) is 0 Å². The number of piperidine rings is 2. The second-order valence-electron chi connectivity index (χ2n) is 6.40. The van der Waals surface area contributed by atoms with Crippen LogP contribution in [0, 0.1) is 11.8 Å². The summed E-state index contributed by atoms with van der Waals surface area (Å²) in [6, 6.07) is 0.774. The molecule has 2 rings (SSSR count). The number of carbonyl (C=O) groups excluding carboxylic acids is 1. The molecule has 0 radical (unpaired) electrons. The molecule has 2 heterocycles. The largest absolute Gasteiger partial charge is 0.306 e. The minimum Gasteiger partial charge on any atom is -0.306 e. The monoisotopic (exact) mass is 252 g/mol. The van der Waals surface area contributed by atoms with E-state index in [1.54, 1.807) is 0 Å². The van der Waals surface area contributed by atoms with Crippen LogP contribution in [0.2, 0.25) is 0 Å². The second kappa shape index (κ2) is 6.16. The van der Waals surface area contributed by atoms with Gasteiger partial charge in [-0.15, -0.1) is 0 Å². The molecule has 2 aliphatic rings. The summed E-state index contributed by atoms with van der Waals surface area (Å²) in [6.45, 7) is 8.80. The molecule has 2 saturated heterocycles. The third kappa shape index (κ3) is 3.33. The van der Waals surface area contributed by atoms with Crippen LogP contribution >= 0.6 is 0 Å². The molecule has 0 bridgehead atoms. The highest BCUT2D eigenvalue weighted by molar-refractivity contribution is 5.82. The Morgan fingerprint density at radius 1 is 1.00 bits per heavy atom. The summed E-state index contributed by atoms with van der Waals surface area (Å²) in [5.74, 6) is 1.04. The molecule has 0 N–H and O–H groups in total. The van der Waals surface area contributed by atoms with E-state index in [-0.39, 0.29) is 5.92 Å². The molecule has 0 atom stereocenters. The summed E-state index contributed by atoms with van der Waals surface area (Å²) in [5.41, 5.74) is 0. The van der Waals surface area contributed by atoms with Crippen LogP contribution < -0.4 is 0 Å². The van der Waals surface area contributed by atoms with Crippen molar-refractivity contribution in [3.05, 3.63) is 0 Å². The summed E-state index contributed by atoms with van der Waals surface area (Å²) >= 11 is 0. The van der Waals surface area contributed by atoms with Crippen molar-refractivity contribution >= 4 is 5.78 Å². The molecule has 0 amide bonds. The van der Waals surface area contributed by atoms with E-state index in [2.05, 4.69) is 16.8 Å². The van der Waals surface area contributed by atoms with E-state index in [0.717, 1.165) is 32.0 Å². The molecule has 0 aromatic rings. The molecular formula is C15H28N2O. The highest BCUT2D eigenvalue weighted by Crippen LogP contribution is 2.25. The first kappa shape index (κ1) is 14.0. The van der Waals surface area contributed by atoms with Crippen molar-refractivity contribution in [2.75, 3.05) is 33.2 Å². The Bertz CT molecular complexity index is 274. The zero-order valence-electron chi connectivity index (χ0n) is 12.2. The molecule has 0 spiro atoms. The highest BCUT2D eigenvalue weighted by atomic mass is 16.1. The fourth-order valence-corrected chi connectivity index (χ4v) is 3.38. The molecule has 2 aliphatic heterocycles. The molecule has 2 fully saturated rings. The Labute approximate surface area is 112 Å². The lowest BCUT2D eigenvalue weighted by Gasteiger charge is -2.41. The van der Waals surface area contributed by atoms with E-state index in [4.69, 9.17) is 0 Å².